The van der Waals surface area contributed by atoms with Crippen LogP contribution in [0.15, 0.2) is 18.6 Å². The second-order valence-corrected chi connectivity index (χ2v) is 4.92. The zero-order valence-electron chi connectivity index (χ0n) is 10.7. The molecule has 1 aromatic rings. The van der Waals surface area contributed by atoms with Crippen molar-refractivity contribution in [3.05, 3.63) is 24.3 Å². The predicted octanol–water partition coefficient (Wildman–Crippen LogP) is 1.55. The standard InChI is InChI=1S/C13H19N3O2/c1-2-13(12(17)18)4-7-16(8-5-13)9-11-3-6-14-10-15-11/h3,6,10H,2,4-5,7-9H2,1H3,(H,17,18). The third-order valence-electron chi connectivity index (χ3n) is 3.97. The van der Waals surface area contributed by atoms with Crippen molar-refractivity contribution in [2.45, 2.75) is 32.7 Å². The smallest absolute Gasteiger partial charge is 0.309 e. The SMILES string of the molecule is CCC1(C(=O)O)CCN(Cc2ccncn2)CC1. The predicted molar refractivity (Wildman–Crippen MR) is 66.9 cm³/mol. The first-order valence-corrected chi connectivity index (χ1v) is 6.37. The maximum Gasteiger partial charge on any atom is 0.309 e. The number of piperidine rings is 1. The van der Waals surface area contributed by atoms with E-state index < -0.39 is 11.4 Å². The lowest BCUT2D eigenvalue weighted by Gasteiger charge is -2.38. The number of hydrogen-bond donors (Lipinski definition) is 1. The van der Waals surface area contributed by atoms with E-state index in [9.17, 15) is 9.90 Å². The average Bonchev–Trinajstić information content (AvgIpc) is 2.41. The highest BCUT2D eigenvalue weighted by atomic mass is 16.4. The van der Waals surface area contributed by atoms with Gasteiger partial charge in [-0.05, 0) is 38.4 Å². The van der Waals surface area contributed by atoms with Gasteiger partial charge in [0.2, 0.25) is 0 Å². The molecule has 1 aromatic heterocycles. The van der Waals surface area contributed by atoms with E-state index in [0.29, 0.717) is 6.42 Å². The second kappa shape index (κ2) is 5.44. The molecule has 0 saturated carbocycles. The van der Waals surface area contributed by atoms with Crippen LogP contribution in [0, 0.1) is 5.41 Å². The molecule has 5 nitrogen and oxygen atoms in total. The summed E-state index contributed by atoms with van der Waals surface area (Å²) in [6.45, 7) is 4.39. The van der Waals surface area contributed by atoms with Crippen molar-refractivity contribution in [2.75, 3.05) is 13.1 Å². The number of aliphatic carboxylic acids is 1. The van der Waals surface area contributed by atoms with Crippen LogP contribution in [0.5, 0.6) is 0 Å². The molecule has 1 fully saturated rings. The summed E-state index contributed by atoms with van der Waals surface area (Å²) in [6.07, 6.45) is 5.45. The molecule has 0 aromatic carbocycles. The topological polar surface area (TPSA) is 66.3 Å². The average molecular weight is 249 g/mol. The monoisotopic (exact) mass is 249 g/mol. The van der Waals surface area contributed by atoms with Crippen LogP contribution >= 0.6 is 0 Å². The van der Waals surface area contributed by atoms with Gasteiger partial charge in [0.1, 0.15) is 6.33 Å². The molecule has 0 bridgehead atoms. The molecule has 2 rings (SSSR count). The van der Waals surface area contributed by atoms with Gasteiger partial charge >= 0.3 is 5.97 Å². The Labute approximate surface area is 107 Å². The van der Waals surface area contributed by atoms with Gasteiger partial charge in [0.15, 0.2) is 0 Å². The quantitative estimate of drug-likeness (QED) is 0.877. The van der Waals surface area contributed by atoms with Crippen LogP contribution in [-0.4, -0.2) is 39.0 Å². The lowest BCUT2D eigenvalue weighted by atomic mass is 9.76. The lowest BCUT2D eigenvalue weighted by Crippen LogP contribution is -2.43. The Bertz CT molecular complexity index is 400. The number of carboxylic acids is 1. The van der Waals surface area contributed by atoms with Crippen LogP contribution in [-0.2, 0) is 11.3 Å². The minimum absolute atomic E-state index is 0.512. The number of aromatic nitrogens is 2. The third kappa shape index (κ3) is 2.67. The molecule has 1 saturated heterocycles. The number of hydrogen-bond acceptors (Lipinski definition) is 4. The first kappa shape index (κ1) is 13.0. The van der Waals surface area contributed by atoms with Gasteiger partial charge in [-0.15, -0.1) is 0 Å². The summed E-state index contributed by atoms with van der Waals surface area (Å²) in [4.78, 5) is 21.7. The van der Waals surface area contributed by atoms with Crippen LogP contribution < -0.4 is 0 Å². The van der Waals surface area contributed by atoms with Gasteiger partial charge < -0.3 is 5.11 Å². The van der Waals surface area contributed by atoms with Crippen molar-refractivity contribution in [2.24, 2.45) is 5.41 Å². The van der Waals surface area contributed by atoms with Crippen LogP contribution in [0.25, 0.3) is 0 Å². The molecule has 0 aliphatic carbocycles. The molecule has 1 N–H and O–H groups in total. The van der Waals surface area contributed by atoms with Gasteiger partial charge in [-0.25, -0.2) is 9.97 Å². The second-order valence-electron chi connectivity index (χ2n) is 4.92. The molecule has 2 heterocycles. The van der Waals surface area contributed by atoms with E-state index in [1.165, 1.54) is 0 Å². The van der Waals surface area contributed by atoms with Crippen molar-refractivity contribution < 1.29 is 9.90 Å². The van der Waals surface area contributed by atoms with E-state index in [-0.39, 0.29) is 0 Å². The number of likely N-dealkylation sites (tertiary alicyclic amines) is 1. The summed E-state index contributed by atoms with van der Waals surface area (Å²) in [7, 11) is 0. The van der Waals surface area contributed by atoms with Crippen molar-refractivity contribution in [3.63, 3.8) is 0 Å². The Morgan fingerprint density at radius 1 is 1.50 bits per heavy atom. The maximum absolute atomic E-state index is 11.3. The number of carbonyl (C=O) groups is 1. The van der Waals surface area contributed by atoms with Gasteiger partial charge in [-0.3, -0.25) is 9.69 Å². The fourth-order valence-electron chi connectivity index (χ4n) is 2.50. The van der Waals surface area contributed by atoms with Crippen molar-refractivity contribution in [3.8, 4) is 0 Å². The molecular formula is C13H19N3O2. The van der Waals surface area contributed by atoms with Crippen LogP contribution in [0.2, 0.25) is 0 Å². The molecular weight excluding hydrogens is 230 g/mol. The van der Waals surface area contributed by atoms with E-state index in [1.807, 2.05) is 13.0 Å². The molecule has 98 valence electrons. The molecule has 0 unspecified atom stereocenters. The molecule has 1 aliphatic heterocycles. The van der Waals surface area contributed by atoms with Gasteiger partial charge in [0.25, 0.3) is 0 Å². The minimum Gasteiger partial charge on any atom is -0.481 e. The van der Waals surface area contributed by atoms with Gasteiger partial charge in [-0.2, -0.15) is 0 Å². The van der Waals surface area contributed by atoms with E-state index in [1.54, 1.807) is 12.5 Å². The zero-order valence-corrected chi connectivity index (χ0v) is 10.7. The molecule has 0 atom stereocenters. The fraction of sp³-hybridized carbons (Fsp3) is 0.615. The van der Waals surface area contributed by atoms with Gasteiger partial charge in [-0.1, -0.05) is 6.92 Å². The first-order valence-electron chi connectivity index (χ1n) is 6.37. The number of rotatable bonds is 4. The summed E-state index contributed by atoms with van der Waals surface area (Å²) in [5, 5.41) is 9.33. The van der Waals surface area contributed by atoms with E-state index >= 15 is 0 Å². The molecule has 0 amide bonds. The Balaban J connectivity index is 1.93. The molecule has 5 heteroatoms. The molecule has 18 heavy (non-hydrogen) atoms. The molecule has 0 radical (unpaired) electrons. The van der Waals surface area contributed by atoms with E-state index in [2.05, 4.69) is 14.9 Å². The summed E-state index contributed by atoms with van der Waals surface area (Å²) in [6, 6.07) is 1.90. The van der Waals surface area contributed by atoms with Crippen molar-refractivity contribution in [1.29, 1.82) is 0 Å². The zero-order chi connectivity index (χ0) is 13.0. The summed E-state index contributed by atoms with van der Waals surface area (Å²) in [5.41, 5.74) is 0.478. The highest BCUT2D eigenvalue weighted by molar-refractivity contribution is 5.74. The largest absolute Gasteiger partial charge is 0.481 e. The van der Waals surface area contributed by atoms with Crippen LogP contribution in [0.1, 0.15) is 31.9 Å². The van der Waals surface area contributed by atoms with Gasteiger partial charge in [0, 0.05) is 12.7 Å². The normalized spacial score (nSPS) is 19.6. The third-order valence-corrected chi connectivity index (χ3v) is 3.97. The van der Waals surface area contributed by atoms with Crippen LogP contribution in [0.4, 0.5) is 0 Å². The van der Waals surface area contributed by atoms with E-state index in [4.69, 9.17) is 0 Å². The Kier molecular flexibility index (Phi) is 3.91. The maximum atomic E-state index is 11.3. The highest BCUT2D eigenvalue weighted by Gasteiger charge is 2.39. The summed E-state index contributed by atoms with van der Waals surface area (Å²) in [5.74, 6) is -0.647. The molecule has 0 spiro atoms. The Morgan fingerprint density at radius 3 is 2.72 bits per heavy atom. The van der Waals surface area contributed by atoms with Gasteiger partial charge in [0.05, 0.1) is 11.1 Å². The minimum atomic E-state index is -0.647. The summed E-state index contributed by atoms with van der Waals surface area (Å²) < 4.78 is 0. The Morgan fingerprint density at radius 2 is 2.22 bits per heavy atom. The Hall–Kier alpha value is -1.49. The number of nitrogens with zero attached hydrogens (tertiary/aromatic N) is 3. The lowest BCUT2D eigenvalue weighted by molar-refractivity contribution is -0.152. The van der Waals surface area contributed by atoms with Crippen LogP contribution in [0.3, 0.4) is 0 Å². The number of carboxylic acid groups (broad SMARTS) is 1. The first-order chi connectivity index (χ1) is 8.66. The van der Waals surface area contributed by atoms with E-state index in [0.717, 1.165) is 38.2 Å². The van der Waals surface area contributed by atoms with Crippen molar-refractivity contribution in [1.82, 2.24) is 14.9 Å². The highest BCUT2D eigenvalue weighted by Crippen LogP contribution is 2.35. The van der Waals surface area contributed by atoms with Crippen molar-refractivity contribution >= 4 is 5.97 Å². The molecule has 1 aliphatic rings. The fourth-order valence-corrected chi connectivity index (χ4v) is 2.50. The summed E-state index contributed by atoms with van der Waals surface area (Å²) >= 11 is 0.